The second-order valence-corrected chi connectivity index (χ2v) is 10.6. The summed E-state index contributed by atoms with van der Waals surface area (Å²) < 4.78 is 24.8. The van der Waals surface area contributed by atoms with Crippen LogP contribution in [0.25, 0.3) is 27.8 Å². The number of nitrogens with one attached hydrogen (secondary N) is 3. The van der Waals surface area contributed by atoms with E-state index in [0.29, 0.717) is 17.2 Å². The van der Waals surface area contributed by atoms with E-state index in [0.717, 1.165) is 57.0 Å². The van der Waals surface area contributed by atoms with E-state index >= 15 is 0 Å². The third-order valence-electron chi connectivity index (χ3n) is 6.09. The van der Waals surface area contributed by atoms with Crippen LogP contribution in [0.4, 0.5) is 19.3 Å². The number of imidazole rings is 1. The maximum Gasteiger partial charge on any atom is 0.319 e. The summed E-state index contributed by atoms with van der Waals surface area (Å²) in [5, 5.41) is 7.73. The van der Waals surface area contributed by atoms with Gasteiger partial charge in [0.15, 0.2) is 0 Å². The Hall–Kier alpha value is -3.54. The quantitative estimate of drug-likeness (QED) is 0.168. The zero-order valence-corrected chi connectivity index (χ0v) is 21.8. The van der Waals surface area contributed by atoms with Gasteiger partial charge in [-0.3, -0.25) is 9.36 Å². The van der Waals surface area contributed by atoms with Crippen molar-refractivity contribution >= 4 is 51.2 Å². The van der Waals surface area contributed by atoms with E-state index in [-0.39, 0.29) is 5.91 Å². The number of nitrogens with zero attached hydrogens (tertiary/aromatic N) is 2. The normalized spacial score (nSPS) is 13.4. The van der Waals surface area contributed by atoms with Crippen LogP contribution in [0.15, 0.2) is 73.1 Å². The van der Waals surface area contributed by atoms with E-state index in [2.05, 4.69) is 20.9 Å². The monoisotopic (exact) mass is 615 g/mol. The van der Waals surface area contributed by atoms with Crippen molar-refractivity contribution < 1.29 is 18.4 Å². The molecule has 37 heavy (non-hydrogen) atoms. The van der Waals surface area contributed by atoms with Crippen LogP contribution in [0.5, 0.6) is 0 Å². The highest BCUT2D eigenvalue weighted by Gasteiger charge is 2.24. The van der Waals surface area contributed by atoms with Crippen molar-refractivity contribution in [2.24, 2.45) is 5.92 Å². The van der Waals surface area contributed by atoms with Crippen LogP contribution in [0, 0.1) is 5.92 Å². The fourth-order valence-electron chi connectivity index (χ4n) is 3.99. The van der Waals surface area contributed by atoms with Gasteiger partial charge in [0, 0.05) is 46.1 Å². The smallest absolute Gasteiger partial charge is 0.319 e. The molecule has 0 spiro atoms. The molecular formula is C27H24F2IN5O2. The molecule has 0 aliphatic heterocycles. The van der Waals surface area contributed by atoms with E-state index in [1.807, 2.05) is 53.1 Å². The van der Waals surface area contributed by atoms with Crippen LogP contribution in [0.1, 0.15) is 23.2 Å². The molecule has 7 nitrogen and oxygen atoms in total. The fourth-order valence-corrected chi connectivity index (χ4v) is 4.18. The van der Waals surface area contributed by atoms with E-state index in [1.54, 1.807) is 24.5 Å². The average molecular weight is 615 g/mol. The van der Waals surface area contributed by atoms with Gasteiger partial charge in [-0.05, 0) is 72.4 Å². The lowest BCUT2D eigenvalue weighted by molar-refractivity contribution is 0.0951. The standard InChI is InChI=1S/C27H24F2IN5O2/c28-27(29,30)15-32-26(37)34-21-5-2-6-22(13-21)35-16-33-23-12-19(9-10-24(23)35)18-3-1-4-20(11-18)25(36)31-14-17-7-8-17/h1-6,9-13,16-17H,7-8,14-15H2,(H,31,36)(H2,32,34,37). The molecular weight excluding hydrogens is 591 g/mol. The van der Waals surface area contributed by atoms with Crippen molar-refractivity contribution in [2.45, 2.75) is 16.8 Å². The van der Waals surface area contributed by atoms with Crippen LogP contribution in [0.3, 0.4) is 0 Å². The Labute approximate surface area is 225 Å². The molecule has 1 fully saturated rings. The van der Waals surface area contributed by atoms with Gasteiger partial charge >= 0.3 is 9.96 Å². The van der Waals surface area contributed by atoms with E-state index < -0.39 is 16.5 Å². The van der Waals surface area contributed by atoms with Gasteiger partial charge in [-0.2, -0.15) is 8.78 Å². The molecule has 0 bridgehead atoms. The number of halogens is 3. The molecule has 3 N–H and O–H groups in total. The van der Waals surface area contributed by atoms with Crippen molar-refractivity contribution in [3.05, 3.63) is 78.6 Å². The molecule has 0 unspecified atom stereocenters. The number of benzene rings is 3. The molecule has 0 radical (unpaired) electrons. The molecule has 3 amide bonds. The average Bonchev–Trinajstić information content (AvgIpc) is 3.62. The highest BCUT2D eigenvalue weighted by atomic mass is 127. The molecule has 1 aliphatic rings. The first-order valence-electron chi connectivity index (χ1n) is 11.8. The second kappa shape index (κ2) is 10.4. The van der Waals surface area contributed by atoms with Crippen molar-refractivity contribution in [2.75, 3.05) is 18.4 Å². The minimum Gasteiger partial charge on any atom is -0.352 e. The van der Waals surface area contributed by atoms with Gasteiger partial charge in [0.2, 0.25) is 0 Å². The number of fused-ring (bicyclic) bond motifs is 1. The number of hydrogen-bond donors (Lipinski definition) is 3. The first-order chi connectivity index (χ1) is 17.7. The number of hydrogen-bond acceptors (Lipinski definition) is 3. The molecule has 0 atom stereocenters. The van der Waals surface area contributed by atoms with Crippen molar-refractivity contribution in [1.29, 1.82) is 0 Å². The van der Waals surface area contributed by atoms with Crippen molar-refractivity contribution in [3.63, 3.8) is 0 Å². The first kappa shape index (κ1) is 25.1. The van der Waals surface area contributed by atoms with Gasteiger partial charge in [-0.25, -0.2) is 9.78 Å². The van der Waals surface area contributed by atoms with Gasteiger partial charge < -0.3 is 16.0 Å². The predicted molar refractivity (Wildman–Crippen MR) is 148 cm³/mol. The number of amides is 3. The van der Waals surface area contributed by atoms with Crippen LogP contribution in [-0.4, -0.2) is 38.5 Å². The lowest BCUT2D eigenvalue weighted by atomic mass is 10.0. The summed E-state index contributed by atoms with van der Waals surface area (Å²) in [6.07, 6.45) is 4.05. The zero-order chi connectivity index (χ0) is 26.0. The molecule has 0 saturated heterocycles. The van der Waals surface area contributed by atoms with Crippen LogP contribution >= 0.6 is 22.6 Å². The van der Waals surface area contributed by atoms with Gasteiger partial charge in [-0.15, -0.1) is 0 Å². The van der Waals surface area contributed by atoms with Crippen molar-refractivity contribution in [1.82, 2.24) is 20.2 Å². The summed E-state index contributed by atoms with van der Waals surface area (Å²) in [6.45, 7) is -0.0379. The van der Waals surface area contributed by atoms with Crippen molar-refractivity contribution in [3.8, 4) is 16.8 Å². The highest BCUT2D eigenvalue weighted by Crippen LogP contribution is 2.29. The molecule has 1 aliphatic carbocycles. The van der Waals surface area contributed by atoms with E-state index in [4.69, 9.17) is 0 Å². The van der Waals surface area contributed by atoms with Crippen LogP contribution in [-0.2, 0) is 0 Å². The summed E-state index contributed by atoms with van der Waals surface area (Å²) in [4.78, 5) is 29.0. The van der Waals surface area contributed by atoms with Gasteiger partial charge in [0.1, 0.15) is 6.33 Å². The molecule has 1 saturated carbocycles. The summed E-state index contributed by atoms with van der Waals surface area (Å²) in [5.41, 5.74) is 5.32. The molecule has 5 rings (SSSR count). The number of carbonyl (C=O) groups excluding carboxylic acids is 2. The molecule has 1 heterocycles. The molecule has 1 aromatic heterocycles. The van der Waals surface area contributed by atoms with E-state index in [1.165, 1.54) is 12.8 Å². The highest BCUT2D eigenvalue weighted by molar-refractivity contribution is 14.1. The zero-order valence-electron chi connectivity index (χ0n) is 19.7. The number of carbonyl (C=O) groups is 2. The predicted octanol–water partition coefficient (Wildman–Crippen LogP) is 5.98. The van der Waals surface area contributed by atoms with Gasteiger partial charge in [0.25, 0.3) is 5.91 Å². The molecule has 190 valence electrons. The SMILES string of the molecule is O=C(NCC(F)(F)I)Nc1cccc(-n2cnc3cc(-c4cccc(C(=O)NCC5CC5)c4)ccc32)c1. The number of aromatic nitrogens is 2. The van der Waals surface area contributed by atoms with Crippen LogP contribution in [0.2, 0.25) is 0 Å². The number of urea groups is 1. The summed E-state index contributed by atoms with van der Waals surface area (Å²) >= 11 is 0.975. The Morgan fingerprint density at radius 3 is 2.57 bits per heavy atom. The Morgan fingerprint density at radius 1 is 1.00 bits per heavy atom. The summed E-state index contributed by atoms with van der Waals surface area (Å²) in [6, 6.07) is 19.8. The Bertz CT molecular complexity index is 1460. The lowest BCUT2D eigenvalue weighted by Gasteiger charge is -2.12. The lowest BCUT2D eigenvalue weighted by Crippen LogP contribution is -2.35. The number of anilines is 1. The van der Waals surface area contributed by atoms with Crippen LogP contribution < -0.4 is 16.0 Å². The van der Waals surface area contributed by atoms with Gasteiger partial charge in [0.05, 0.1) is 17.6 Å². The first-order valence-corrected chi connectivity index (χ1v) is 12.9. The fraction of sp³-hybridized carbons (Fsp3) is 0.222. The topological polar surface area (TPSA) is 88.1 Å². The largest absolute Gasteiger partial charge is 0.352 e. The van der Waals surface area contributed by atoms with Gasteiger partial charge in [-0.1, -0.05) is 24.3 Å². The maximum atomic E-state index is 13.0. The Kier molecular flexibility index (Phi) is 7.09. The third kappa shape index (κ3) is 6.43. The summed E-state index contributed by atoms with van der Waals surface area (Å²) in [5.74, 6) is 0.552. The second-order valence-electron chi connectivity index (χ2n) is 9.03. The minimum atomic E-state index is -3.02. The minimum absolute atomic E-state index is 0.0655. The third-order valence-corrected chi connectivity index (χ3v) is 6.47. The Balaban J connectivity index is 1.33. The van der Waals surface area contributed by atoms with E-state index in [9.17, 15) is 18.4 Å². The number of alkyl halides is 3. The molecule has 10 heteroatoms. The molecule has 3 aromatic carbocycles. The Morgan fingerprint density at radius 2 is 1.78 bits per heavy atom. The summed E-state index contributed by atoms with van der Waals surface area (Å²) in [7, 11) is 0. The maximum absolute atomic E-state index is 13.0. The number of rotatable bonds is 8. The molecule has 4 aromatic rings.